The van der Waals surface area contributed by atoms with Crippen molar-refractivity contribution in [2.75, 3.05) is 25.4 Å². The maximum absolute atomic E-state index is 6.02. The Kier molecular flexibility index (Phi) is 4.32. The summed E-state index contributed by atoms with van der Waals surface area (Å²) in [7, 11) is 0. The summed E-state index contributed by atoms with van der Waals surface area (Å²) in [6.45, 7) is 3.58. The minimum Gasteiger partial charge on any atom is -0.492 e. The highest BCUT2D eigenvalue weighted by Crippen LogP contribution is 2.24. The van der Waals surface area contributed by atoms with Crippen LogP contribution in [0.5, 0.6) is 5.75 Å². The number of halogens is 1. The molecule has 0 bridgehead atoms. The molecule has 1 aliphatic heterocycles. The van der Waals surface area contributed by atoms with Crippen molar-refractivity contribution in [1.29, 1.82) is 0 Å². The molecule has 3 nitrogen and oxygen atoms in total. The van der Waals surface area contributed by atoms with Gasteiger partial charge in [0, 0.05) is 30.3 Å². The molecule has 0 aliphatic carbocycles. The van der Waals surface area contributed by atoms with Crippen LogP contribution < -0.4 is 10.5 Å². The van der Waals surface area contributed by atoms with Gasteiger partial charge < -0.3 is 10.5 Å². The molecule has 3 rings (SSSR count). The van der Waals surface area contributed by atoms with E-state index in [0.717, 1.165) is 42.5 Å². The number of hydrogen-bond acceptors (Lipinski definition) is 3. The molecule has 0 aromatic heterocycles. The molecule has 0 radical (unpaired) electrons. The van der Waals surface area contributed by atoms with Crippen molar-refractivity contribution in [3.8, 4) is 5.75 Å². The summed E-state index contributed by atoms with van der Waals surface area (Å²) in [6, 6.07) is 13.7. The van der Waals surface area contributed by atoms with Crippen LogP contribution in [0.4, 0.5) is 5.69 Å². The Morgan fingerprint density at radius 2 is 1.95 bits per heavy atom. The second kappa shape index (κ2) is 6.37. The average molecular weight is 303 g/mol. The van der Waals surface area contributed by atoms with Gasteiger partial charge >= 0.3 is 0 Å². The van der Waals surface area contributed by atoms with Gasteiger partial charge in [-0.25, -0.2) is 0 Å². The number of hydrogen-bond donors (Lipinski definition) is 1. The number of fused-ring (bicyclic) bond motifs is 1. The van der Waals surface area contributed by atoms with Crippen molar-refractivity contribution in [2.24, 2.45) is 0 Å². The Bertz CT molecular complexity index is 613. The summed E-state index contributed by atoms with van der Waals surface area (Å²) >= 11 is 5.85. The summed E-state index contributed by atoms with van der Waals surface area (Å²) < 4.78 is 5.75. The maximum Gasteiger partial charge on any atom is 0.119 e. The van der Waals surface area contributed by atoms with Gasteiger partial charge in [0.15, 0.2) is 0 Å². The van der Waals surface area contributed by atoms with Gasteiger partial charge in [-0.3, -0.25) is 4.90 Å². The fraction of sp³-hybridized carbons (Fsp3) is 0.294. The molecule has 2 aromatic carbocycles. The lowest BCUT2D eigenvalue weighted by atomic mass is 9.98. The van der Waals surface area contributed by atoms with Crippen LogP contribution in [0.3, 0.4) is 0 Å². The van der Waals surface area contributed by atoms with Crippen LogP contribution in [0.1, 0.15) is 11.1 Å². The van der Waals surface area contributed by atoms with E-state index in [1.807, 2.05) is 36.4 Å². The van der Waals surface area contributed by atoms with E-state index in [4.69, 9.17) is 22.1 Å². The van der Waals surface area contributed by atoms with Crippen molar-refractivity contribution in [2.45, 2.75) is 13.0 Å². The Morgan fingerprint density at radius 1 is 1.14 bits per heavy atom. The fourth-order valence-corrected chi connectivity index (χ4v) is 2.84. The van der Waals surface area contributed by atoms with Crippen LogP contribution in [-0.4, -0.2) is 24.6 Å². The second-order valence-electron chi connectivity index (χ2n) is 5.31. The van der Waals surface area contributed by atoms with Crippen LogP contribution >= 0.6 is 11.6 Å². The molecule has 0 amide bonds. The molecule has 0 atom stereocenters. The highest BCUT2D eigenvalue weighted by molar-refractivity contribution is 6.30. The lowest BCUT2D eigenvalue weighted by Crippen LogP contribution is -2.34. The number of ether oxygens (including phenoxy) is 1. The molecule has 0 saturated carbocycles. The quantitative estimate of drug-likeness (QED) is 0.880. The summed E-state index contributed by atoms with van der Waals surface area (Å²) in [5.41, 5.74) is 9.59. The minimum atomic E-state index is 0.680. The van der Waals surface area contributed by atoms with Gasteiger partial charge in [0.25, 0.3) is 0 Å². The lowest BCUT2D eigenvalue weighted by Gasteiger charge is -2.29. The van der Waals surface area contributed by atoms with Gasteiger partial charge in [-0.05, 0) is 47.9 Å². The smallest absolute Gasteiger partial charge is 0.119 e. The van der Waals surface area contributed by atoms with Crippen LogP contribution in [0.25, 0.3) is 0 Å². The topological polar surface area (TPSA) is 38.5 Å². The van der Waals surface area contributed by atoms with E-state index in [1.165, 1.54) is 11.1 Å². The third-order valence-corrected chi connectivity index (χ3v) is 4.12. The average Bonchev–Trinajstić information content (AvgIpc) is 2.49. The molecule has 0 spiro atoms. The molecule has 2 aromatic rings. The van der Waals surface area contributed by atoms with Gasteiger partial charge in [-0.15, -0.1) is 0 Å². The molecule has 1 heterocycles. The first-order valence-electron chi connectivity index (χ1n) is 7.19. The first-order chi connectivity index (χ1) is 10.2. The summed E-state index contributed by atoms with van der Waals surface area (Å²) in [5, 5.41) is 0.729. The number of nitrogens with zero attached hydrogens (tertiary/aromatic N) is 1. The van der Waals surface area contributed by atoms with Gasteiger partial charge in [-0.1, -0.05) is 23.7 Å². The first kappa shape index (κ1) is 14.2. The SMILES string of the molecule is Nc1cccc2c1CCN(CCOc1ccc(Cl)cc1)C2. The van der Waals surface area contributed by atoms with E-state index < -0.39 is 0 Å². The van der Waals surface area contributed by atoms with Gasteiger partial charge in [-0.2, -0.15) is 0 Å². The first-order valence-corrected chi connectivity index (χ1v) is 7.57. The van der Waals surface area contributed by atoms with Crippen molar-refractivity contribution in [3.63, 3.8) is 0 Å². The maximum atomic E-state index is 6.02. The zero-order chi connectivity index (χ0) is 14.7. The molecule has 1 aliphatic rings. The van der Waals surface area contributed by atoms with Crippen LogP contribution in [0.2, 0.25) is 5.02 Å². The lowest BCUT2D eigenvalue weighted by molar-refractivity contribution is 0.196. The molecule has 4 heteroatoms. The molecule has 2 N–H and O–H groups in total. The molecular weight excluding hydrogens is 284 g/mol. The van der Waals surface area contributed by atoms with Gasteiger partial charge in [0.2, 0.25) is 0 Å². The number of benzene rings is 2. The molecule has 110 valence electrons. The van der Waals surface area contributed by atoms with E-state index in [0.29, 0.717) is 6.61 Å². The highest BCUT2D eigenvalue weighted by Gasteiger charge is 2.17. The van der Waals surface area contributed by atoms with E-state index in [9.17, 15) is 0 Å². The molecular formula is C17H19ClN2O. The molecule has 0 fully saturated rings. The number of anilines is 1. The second-order valence-corrected chi connectivity index (χ2v) is 5.75. The Morgan fingerprint density at radius 3 is 2.76 bits per heavy atom. The van der Waals surface area contributed by atoms with E-state index in [-0.39, 0.29) is 0 Å². The summed E-state index contributed by atoms with van der Waals surface area (Å²) in [5.74, 6) is 0.862. The third kappa shape index (κ3) is 3.49. The van der Waals surface area contributed by atoms with Crippen molar-refractivity contribution < 1.29 is 4.74 Å². The molecule has 0 unspecified atom stereocenters. The Hall–Kier alpha value is -1.71. The number of nitrogens with two attached hydrogens (primary N) is 1. The van der Waals surface area contributed by atoms with E-state index in [2.05, 4.69) is 11.0 Å². The van der Waals surface area contributed by atoms with Gasteiger partial charge in [0.05, 0.1) is 0 Å². The molecule has 0 saturated heterocycles. The predicted molar refractivity (Wildman–Crippen MR) is 86.8 cm³/mol. The van der Waals surface area contributed by atoms with Crippen molar-refractivity contribution in [3.05, 3.63) is 58.6 Å². The molecule has 21 heavy (non-hydrogen) atoms. The zero-order valence-electron chi connectivity index (χ0n) is 11.9. The third-order valence-electron chi connectivity index (χ3n) is 3.87. The van der Waals surface area contributed by atoms with Crippen molar-refractivity contribution >= 4 is 17.3 Å². The van der Waals surface area contributed by atoms with E-state index >= 15 is 0 Å². The van der Waals surface area contributed by atoms with Crippen LogP contribution in [-0.2, 0) is 13.0 Å². The minimum absolute atomic E-state index is 0.680. The van der Waals surface area contributed by atoms with E-state index in [1.54, 1.807) is 0 Å². The largest absolute Gasteiger partial charge is 0.492 e. The fourth-order valence-electron chi connectivity index (χ4n) is 2.71. The zero-order valence-corrected chi connectivity index (χ0v) is 12.6. The van der Waals surface area contributed by atoms with Crippen LogP contribution in [0, 0.1) is 0 Å². The summed E-state index contributed by atoms with van der Waals surface area (Å²) in [4.78, 5) is 2.40. The van der Waals surface area contributed by atoms with Gasteiger partial charge in [0.1, 0.15) is 12.4 Å². The number of nitrogen functional groups attached to an aromatic ring is 1. The Labute approximate surface area is 130 Å². The normalized spacial score (nSPS) is 14.7. The summed E-state index contributed by atoms with van der Waals surface area (Å²) in [6.07, 6.45) is 1.02. The Balaban J connectivity index is 1.52. The number of rotatable bonds is 4. The van der Waals surface area contributed by atoms with Crippen molar-refractivity contribution in [1.82, 2.24) is 4.90 Å². The predicted octanol–water partition coefficient (Wildman–Crippen LogP) is 3.36. The monoisotopic (exact) mass is 302 g/mol. The highest BCUT2D eigenvalue weighted by atomic mass is 35.5. The van der Waals surface area contributed by atoms with Crippen LogP contribution in [0.15, 0.2) is 42.5 Å². The standard InChI is InChI=1S/C17H19ClN2O/c18-14-4-6-15(7-5-14)21-11-10-20-9-8-16-13(12-20)2-1-3-17(16)19/h1-7H,8-12,19H2.